The molecule has 0 unspecified atom stereocenters. The largest absolute Gasteiger partial charge is 0.493 e. The predicted molar refractivity (Wildman–Crippen MR) is 85.5 cm³/mol. The topological polar surface area (TPSA) is 38.7 Å². The van der Waals surface area contributed by atoms with Crippen molar-refractivity contribution in [3.8, 4) is 11.5 Å². The Kier molecular flexibility index (Phi) is 5.15. The van der Waals surface area contributed by atoms with Crippen LogP contribution in [0.15, 0.2) is 6.07 Å². The highest BCUT2D eigenvalue weighted by molar-refractivity contribution is 5.58. The van der Waals surface area contributed by atoms with E-state index in [1.165, 1.54) is 17.5 Å². The summed E-state index contributed by atoms with van der Waals surface area (Å²) in [6.45, 7) is 6.85. The van der Waals surface area contributed by atoms with Crippen LogP contribution in [0.25, 0.3) is 0 Å². The van der Waals surface area contributed by atoms with Crippen molar-refractivity contribution in [1.82, 2.24) is 0 Å². The van der Waals surface area contributed by atoms with Crippen LogP contribution in [0.1, 0.15) is 61.6 Å². The molecule has 1 aromatic carbocycles. The molecule has 0 saturated carbocycles. The van der Waals surface area contributed by atoms with E-state index in [4.69, 9.17) is 9.47 Å². The van der Waals surface area contributed by atoms with Crippen molar-refractivity contribution in [3.63, 3.8) is 0 Å². The van der Waals surface area contributed by atoms with Crippen LogP contribution in [0.4, 0.5) is 0 Å². The Morgan fingerprint density at radius 3 is 2.48 bits per heavy atom. The predicted octanol–water partition coefficient (Wildman–Crippen LogP) is 4.01. The second-order valence-electron chi connectivity index (χ2n) is 6.34. The van der Waals surface area contributed by atoms with Crippen LogP contribution in [-0.2, 0) is 0 Å². The van der Waals surface area contributed by atoms with E-state index in [0.29, 0.717) is 17.8 Å². The van der Waals surface area contributed by atoms with Crippen molar-refractivity contribution in [2.24, 2.45) is 5.92 Å². The number of hydrogen-bond donors (Lipinski definition) is 1. The normalized spacial score (nSPS) is 22.6. The van der Waals surface area contributed by atoms with Gasteiger partial charge in [0.15, 0.2) is 11.5 Å². The average molecular weight is 292 g/mol. The highest BCUT2D eigenvalue weighted by Gasteiger charge is 2.32. The summed E-state index contributed by atoms with van der Waals surface area (Å²) < 4.78 is 11.3. The number of hydrogen-bond acceptors (Lipinski definition) is 3. The monoisotopic (exact) mass is 292 g/mol. The quantitative estimate of drug-likeness (QED) is 0.891. The van der Waals surface area contributed by atoms with Gasteiger partial charge in [0.2, 0.25) is 0 Å². The van der Waals surface area contributed by atoms with E-state index < -0.39 is 0 Å². The lowest BCUT2D eigenvalue weighted by atomic mass is 9.71. The maximum absolute atomic E-state index is 9.26. The number of fused-ring (bicyclic) bond motifs is 1. The summed E-state index contributed by atoms with van der Waals surface area (Å²) in [5, 5.41) is 9.26. The summed E-state index contributed by atoms with van der Waals surface area (Å²) in [5.41, 5.74) is 3.83. The molecule has 0 amide bonds. The number of aryl methyl sites for hydroxylation is 1. The Labute approximate surface area is 128 Å². The molecular formula is C18H28O3. The fraction of sp³-hybridized carbons (Fsp3) is 0.667. The minimum absolute atomic E-state index is 0.259. The smallest absolute Gasteiger partial charge is 0.164 e. The van der Waals surface area contributed by atoms with E-state index in [9.17, 15) is 5.11 Å². The summed E-state index contributed by atoms with van der Waals surface area (Å²) in [5.74, 6) is 3.24. The molecule has 118 valence electrons. The molecule has 1 aliphatic carbocycles. The van der Waals surface area contributed by atoms with Crippen molar-refractivity contribution < 1.29 is 14.6 Å². The third-order valence-corrected chi connectivity index (χ3v) is 4.97. The zero-order valence-corrected chi connectivity index (χ0v) is 13.9. The van der Waals surface area contributed by atoms with Gasteiger partial charge in [0.1, 0.15) is 0 Å². The molecule has 0 heterocycles. The van der Waals surface area contributed by atoms with Crippen molar-refractivity contribution in [1.29, 1.82) is 0 Å². The van der Waals surface area contributed by atoms with Gasteiger partial charge in [-0.3, -0.25) is 0 Å². The molecule has 0 aromatic heterocycles. The fourth-order valence-corrected chi connectivity index (χ4v) is 3.81. The molecule has 1 aromatic rings. The SMILES string of the molecule is COc1c(C)cc2c(c1OC)[C@@H](C)CC[C@@H]2[C@@H](C)CCO. The summed E-state index contributed by atoms with van der Waals surface area (Å²) in [4.78, 5) is 0. The van der Waals surface area contributed by atoms with E-state index in [1.807, 2.05) is 0 Å². The third-order valence-electron chi connectivity index (χ3n) is 4.97. The Bertz CT molecular complexity index is 496. The molecule has 21 heavy (non-hydrogen) atoms. The van der Waals surface area contributed by atoms with E-state index in [1.54, 1.807) is 14.2 Å². The first-order valence-corrected chi connectivity index (χ1v) is 7.91. The van der Waals surface area contributed by atoms with Gasteiger partial charge in [-0.25, -0.2) is 0 Å². The van der Waals surface area contributed by atoms with Crippen LogP contribution in [0, 0.1) is 12.8 Å². The van der Waals surface area contributed by atoms with Gasteiger partial charge in [-0.2, -0.15) is 0 Å². The van der Waals surface area contributed by atoms with Crippen molar-refractivity contribution in [2.75, 3.05) is 20.8 Å². The average Bonchev–Trinajstić information content (AvgIpc) is 2.46. The maximum atomic E-state index is 9.26. The number of methoxy groups -OCH3 is 2. The molecule has 0 fully saturated rings. The molecule has 1 aliphatic rings. The van der Waals surface area contributed by atoms with Gasteiger partial charge >= 0.3 is 0 Å². The molecule has 1 N–H and O–H groups in total. The molecule has 3 nitrogen and oxygen atoms in total. The highest BCUT2D eigenvalue weighted by Crippen LogP contribution is 2.50. The summed E-state index contributed by atoms with van der Waals surface area (Å²) in [6, 6.07) is 2.27. The molecule has 3 atom stereocenters. The van der Waals surface area contributed by atoms with Crippen LogP contribution in [0.3, 0.4) is 0 Å². The molecule has 0 saturated heterocycles. The zero-order chi connectivity index (χ0) is 15.6. The second-order valence-corrected chi connectivity index (χ2v) is 6.34. The number of rotatable bonds is 5. The zero-order valence-electron chi connectivity index (χ0n) is 13.9. The lowest BCUT2D eigenvalue weighted by Gasteiger charge is -2.35. The summed E-state index contributed by atoms with van der Waals surface area (Å²) in [7, 11) is 3.43. The molecular weight excluding hydrogens is 264 g/mol. The molecule has 0 spiro atoms. The van der Waals surface area contributed by atoms with Crippen molar-refractivity contribution in [3.05, 3.63) is 22.8 Å². The number of ether oxygens (including phenoxy) is 2. The lowest BCUT2D eigenvalue weighted by molar-refractivity contribution is 0.241. The summed E-state index contributed by atoms with van der Waals surface area (Å²) in [6.07, 6.45) is 3.20. The fourth-order valence-electron chi connectivity index (χ4n) is 3.81. The van der Waals surface area contributed by atoms with Crippen molar-refractivity contribution >= 4 is 0 Å². The number of aliphatic hydroxyl groups excluding tert-OH is 1. The van der Waals surface area contributed by atoms with Crippen molar-refractivity contribution in [2.45, 2.75) is 51.9 Å². The van der Waals surface area contributed by atoms with E-state index >= 15 is 0 Å². The highest BCUT2D eigenvalue weighted by atomic mass is 16.5. The standard InChI is InChI=1S/C18H28O3/c1-11(8-9-19)14-7-6-12(2)16-15(14)10-13(3)17(20-4)18(16)21-5/h10-12,14,19H,6-9H2,1-5H3/t11-,12-,14+/m0/s1. The lowest BCUT2D eigenvalue weighted by Crippen LogP contribution is -2.20. The van der Waals surface area contributed by atoms with Gasteiger partial charge in [0, 0.05) is 12.2 Å². The molecule has 2 rings (SSSR count). The Morgan fingerprint density at radius 1 is 1.24 bits per heavy atom. The van der Waals surface area contributed by atoms with Gasteiger partial charge in [-0.1, -0.05) is 19.9 Å². The Balaban J connectivity index is 2.57. The van der Waals surface area contributed by atoms with Crippen LogP contribution in [0.5, 0.6) is 11.5 Å². The van der Waals surface area contributed by atoms with Crippen LogP contribution >= 0.6 is 0 Å². The van der Waals surface area contributed by atoms with E-state index in [2.05, 4.69) is 26.8 Å². The van der Waals surface area contributed by atoms with Crippen LogP contribution < -0.4 is 9.47 Å². The minimum atomic E-state index is 0.259. The van der Waals surface area contributed by atoms with E-state index in [0.717, 1.165) is 29.9 Å². The Hall–Kier alpha value is -1.22. The molecule has 0 aliphatic heterocycles. The first-order valence-electron chi connectivity index (χ1n) is 7.91. The number of aliphatic hydroxyl groups is 1. The van der Waals surface area contributed by atoms with E-state index in [-0.39, 0.29) is 6.61 Å². The number of benzene rings is 1. The first-order chi connectivity index (χ1) is 10.0. The van der Waals surface area contributed by atoms with Gasteiger partial charge in [0.25, 0.3) is 0 Å². The van der Waals surface area contributed by atoms with Gasteiger partial charge < -0.3 is 14.6 Å². The molecule has 0 bridgehead atoms. The van der Waals surface area contributed by atoms with Gasteiger partial charge in [-0.05, 0) is 55.1 Å². The van der Waals surface area contributed by atoms with Crippen LogP contribution in [0.2, 0.25) is 0 Å². The second kappa shape index (κ2) is 6.69. The molecule has 0 radical (unpaired) electrons. The molecule has 3 heteroatoms. The third kappa shape index (κ3) is 2.89. The van der Waals surface area contributed by atoms with Gasteiger partial charge in [-0.15, -0.1) is 0 Å². The minimum Gasteiger partial charge on any atom is -0.493 e. The summed E-state index contributed by atoms with van der Waals surface area (Å²) >= 11 is 0. The first kappa shape index (κ1) is 16.2. The Morgan fingerprint density at radius 2 is 1.90 bits per heavy atom. The maximum Gasteiger partial charge on any atom is 0.164 e. The van der Waals surface area contributed by atoms with Gasteiger partial charge in [0.05, 0.1) is 14.2 Å². The van der Waals surface area contributed by atoms with Crippen LogP contribution in [-0.4, -0.2) is 25.9 Å².